The predicted octanol–water partition coefficient (Wildman–Crippen LogP) is 7.16. The summed E-state index contributed by atoms with van der Waals surface area (Å²) in [5.74, 6) is 0.251. The van der Waals surface area contributed by atoms with Crippen LogP contribution in [0.4, 0.5) is 0 Å². The summed E-state index contributed by atoms with van der Waals surface area (Å²) in [4.78, 5) is 12.0. The van der Waals surface area contributed by atoms with Gasteiger partial charge in [-0.3, -0.25) is 0 Å². The third kappa shape index (κ3) is 6.66. The molecule has 3 aromatic carbocycles. The Labute approximate surface area is 217 Å². The van der Waals surface area contributed by atoms with Crippen molar-refractivity contribution in [1.29, 1.82) is 5.26 Å². The number of methoxy groups -OCH3 is 1. The predicted molar refractivity (Wildman–Crippen MR) is 136 cm³/mol. The first-order valence-electron chi connectivity index (χ1n) is 10.4. The zero-order valence-electron chi connectivity index (χ0n) is 18.6. The van der Waals surface area contributed by atoms with E-state index in [1.807, 2.05) is 37.3 Å². The minimum absolute atomic E-state index is 0.285. The van der Waals surface area contributed by atoms with Gasteiger partial charge in [0.2, 0.25) is 0 Å². The molecule has 0 aliphatic carbocycles. The molecule has 0 bridgehead atoms. The summed E-state index contributed by atoms with van der Waals surface area (Å²) in [7, 11) is 1.33. The number of esters is 1. The lowest BCUT2D eigenvalue weighted by Gasteiger charge is -2.13. The number of halogens is 3. The Morgan fingerprint density at radius 2 is 1.68 bits per heavy atom. The zero-order valence-corrected chi connectivity index (χ0v) is 21.7. The molecule has 5 nitrogen and oxygen atoms in total. The van der Waals surface area contributed by atoms with Gasteiger partial charge in [-0.1, -0.05) is 41.4 Å². The Hall–Kier alpha value is -2.72. The minimum Gasteiger partial charge on any atom is -0.490 e. The van der Waals surface area contributed by atoms with Crippen LogP contribution in [0.1, 0.15) is 33.0 Å². The summed E-state index contributed by atoms with van der Waals surface area (Å²) in [5.41, 5.74) is 3.06. The second-order valence-electron chi connectivity index (χ2n) is 7.52. The molecule has 0 saturated carbocycles. The molecule has 0 fully saturated rings. The Kier molecular flexibility index (Phi) is 9.23. The first kappa shape index (κ1) is 25.9. The Balaban J connectivity index is 1.57. The number of hydrogen-bond donors (Lipinski definition) is 0. The molecule has 1 unspecified atom stereocenters. The molecular weight excluding hydrogens is 541 g/mol. The van der Waals surface area contributed by atoms with E-state index in [2.05, 4.69) is 22.0 Å². The van der Waals surface area contributed by atoms with Crippen molar-refractivity contribution in [3.8, 4) is 17.6 Å². The molecule has 0 heterocycles. The van der Waals surface area contributed by atoms with E-state index < -0.39 is 11.9 Å². The maximum absolute atomic E-state index is 12.0. The van der Waals surface area contributed by atoms with Crippen molar-refractivity contribution in [2.45, 2.75) is 19.3 Å². The van der Waals surface area contributed by atoms with Crippen LogP contribution in [0.2, 0.25) is 10.0 Å². The van der Waals surface area contributed by atoms with Crippen LogP contribution in [0, 0.1) is 18.3 Å². The summed E-state index contributed by atoms with van der Waals surface area (Å²) >= 11 is 15.7. The molecule has 0 spiro atoms. The molecule has 0 amide bonds. The van der Waals surface area contributed by atoms with Crippen LogP contribution in [0.25, 0.3) is 0 Å². The molecular formula is C26H22BrCl2NO4. The molecule has 0 aromatic heterocycles. The van der Waals surface area contributed by atoms with E-state index >= 15 is 0 Å². The summed E-state index contributed by atoms with van der Waals surface area (Å²) in [5, 5.41) is 10.6. The van der Waals surface area contributed by atoms with Crippen molar-refractivity contribution < 1.29 is 19.0 Å². The zero-order chi connectivity index (χ0) is 24.7. The second-order valence-corrected chi connectivity index (χ2v) is 9.18. The lowest BCUT2D eigenvalue weighted by Crippen LogP contribution is -2.09. The maximum atomic E-state index is 12.0. The van der Waals surface area contributed by atoms with Crippen molar-refractivity contribution in [3.63, 3.8) is 0 Å². The summed E-state index contributed by atoms with van der Waals surface area (Å²) in [6.45, 7) is 2.51. The van der Waals surface area contributed by atoms with Crippen LogP contribution in [0.15, 0.2) is 59.1 Å². The highest BCUT2D eigenvalue weighted by molar-refractivity contribution is 9.10. The van der Waals surface area contributed by atoms with Gasteiger partial charge in [-0.25, -0.2) is 4.79 Å². The topological polar surface area (TPSA) is 68.6 Å². The number of hydrogen-bond acceptors (Lipinski definition) is 5. The van der Waals surface area contributed by atoms with Gasteiger partial charge in [-0.15, -0.1) is 0 Å². The number of rotatable bonds is 9. The first-order valence-corrected chi connectivity index (χ1v) is 11.9. The highest BCUT2D eigenvalue weighted by atomic mass is 79.9. The van der Waals surface area contributed by atoms with Gasteiger partial charge in [0, 0.05) is 4.47 Å². The van der Waals surface area contributed by atoms with Crippen LogP contribution in [-0.2, 0) is 11.2 Å². The summed E-state index contributed by atoms with van der Waals surface area (Å²) in [6.07, 6.45) is 0.493. The monoisotopic (exact) mass is 561 g/mol. The maximum Gasteiger partial charge on any atom is 0.339 e. The minimum atomic E-state index is -0.456. The van der Waals surface area contributed by atoms with Crippen LogP contribution in [0.5, 0.6) is 11.5 Å². The summed E-state index contributed by atoms with van der Waals surface area (Å²) in [6, 6.07) is 18.7. The number of ether oxygens (including phenoxy) is 3. The average Bonchev–Trinajstić information content (AvgIpc) is 2.82. The van der Waals surface area contributed by atoms with Crippen molar-refractivity contribution in [3.05, 3.63) is 91.4 Å². The van der Waals surface area contributed by atoms with E-state index in [1.165, 1.54) is 7.11 Å². The van der Waals surface area contributed by atoms with E-state index in [0.717, 1.165) is 16.7 Å². The molecule has 0 N–H and O–H groups in total. The fourth-order valence-electron chi connectivity index (χ4n) is 3.35. The molecule has 0 saturated heterocycles. The number of nitrogens with zero attached hydrogens (tertiary/aromatic N) is 1. The molecule has 3 aromatic rings. The van der Waals surface area contributed by atoms with E-state index in [-0.39, 0.29) is 6.61 Å². The standard InChI is InChI=1S/C26H22BrCl2NO4/c1-16-11-23(28)25(24(29)12-16)34-10-9-33-20-6-3-17(4-7-20)13-19(15-30)18-5-8-22(27)21(14-18)26(31)32-2/h3-8,11-12,14,19H,9-10,13H2,1-2H3. The van der Waals surface area contributed by atoms with Crippen molar-refractivity contribution >= 4 is 45.1 Å². The second kappa shape index (κ2) is 12.1. The molecule has 1 atom stereocenters. The van der Waals surface area contributed by atoms with Crippen LogP contribution >= 0.6 is 39.1 Å². The molecule has 0 aliphatic heterocycles. The van der Waals surface area contributed by atoms with Crippen molar-refractivity contribution in [2.75, 3.05) is 20.3 Å². The number of nitriles is 1. The smallest absolute Gasteiger partial charge is 0.339 e. The SMILES string of the molecule is COC(=O)c1cc(C(C#N)Cc2ccc(OCCOc3c(Cl)cc(C)cc3Cl)cc2)ccc1Br. The molecule has 34 heavy (non-hydrogen) atoms. The quantitative estimate of drug-likeness (QED) is 0.204. The highest BCUT2D eigenvalue weighted by Crippen LogP contribution is 2.34. The first-order chi connectivity index (χ1) is 16.3. The van der Waals surface area contributed by atoms with Gasteiger partial charge in [0.15, 0.2) is 5.75 Å². The van der Waals surface area contributed by atoms with Crippen molar-refractivity contribution in [2.24, 2.45) is 0 Å². The molecule has 0 radical (unpaired) electrons. The average molecular weight is 563 g/mol. The Bertz CT molecular complexity index is 1190. The fourth-order valence-corrected chi connectivity index (χ4v) is 4.46. The van der Waals surface area contributed by atoms with Crippen LogP contribution in [-0.4, -0.2) is 26.3 Å². The van der Waals surface area contributed by atoms with Gasteiger partial charge >= 0.3 is 5.97 Å². The highest BCUT2D eigenvalue weighted by Gasteiger charge is 2.17. The third-order valence-corrected chi connectivity index (χ3v) is 6.31. The van der Waals surface area contributed by atoms with E-state index in [0.29, 0.717) is 44.6 Å². The lowest BCUT2D eigenvalue weighted by molar-refractivity contribution is 0.0599. The van der Waals surface area contributed by atoms with E-state index in [1.54, 1.807) is 24.3 Å². The largest absolute Gasteiger partial charge is 0.490 e. The molecule has 8 heteroatoms. The molecule has 3 rings (SSSR count). The van der Waals surface area contributed by atoms with E-state index in [4.69, 9.17) is 37.4 Å². The van der Waals surface area contributed by atoms with Gasteiger partial charge in [0.25, 0.3) is 0 Å². The number of aryl methyl sites for hydroxylation is 1. The Morgan fingerprint density at radius 3 is 2.29 bits per heavy atom. The number of carbonyl (C=O) groups excluding carboxylic acids is 1. The van der Waals surface area contributed by atoms with E-state index in [9.17, 15) is 10.1 Å². The van der Waals surface area contributed by atoms with Crippen molar-refractivity contribution in [1.82, 2.24) is 0 Å². The van der Waals surface area contributed by atoms with Gasteiger partial charge in [-0.05, 0) is 82.4 Å². The molecule has 176 valence electrons. The van der Waals surface area contributed by atoms with Gasteiger partial charge in [-0.2, -0.15) is 5.26 Å². The summed E-state index contributed by atoms with van der Waals surface area (Å²) < 4.78 is 16.8. The molecule has 0 aliphatic rings. The number of benzene rings is 3. The number of carbonyl (C=O) groups is 1. The van der Waals surface area contributed by atoms with Gasteiger partial charge in [0.1, 0.15) is 19.0 Å². The fraction of sp³-hybridized carbons (Fsp3) is 0.231. The Morgan fingerprint density at radius 1 is 1.03 bits per heavy atom. The normalized spacial score (nSPS) is 11.4. The van der Waals surface area contributed by atoms with Crippen LogP contribution in [0.3, 0.4) is 0 Å². The van der Waals surface area contributed by atoms with Gasteiger partial charge in [0.05, 0.1) is 34.7 Å². The third-order valence-electron chi connectivity index (χ3n) is 5.06. The van der Waals surface area contributed by atoms with Gasteiger partial charge < -0.3 is 14.2 Å². The van der Waals surface area contributed by atoms with Crippen LogP contribution < -0.4 is 9.47 Å². The lowest BCUT2D eigenvalue weighted by atomic mass is 9.92.